The highest BCUT2D eigenvalue weighted by molar-refractivity contribution is 6.00. The second-order valence-electron chi connectivity index (χ2n) is 16.9. The van der Waals surface area contributed by atoms with Gasteiger partial charge in [-0.1, -0.05) is 46.1 Å². The number of carbonyl (C=O) groups is 1. The van der Waals surface area contributed by atoms with Gasteiger partial charge in [0, 0.05) is 30.5 Å². The maximum Gasteiger partial charge on any atom is 0.164 e. The fourth-order valence-electron chi connectivity index (χ4n) is 12.0. The Hall–Kier alpha value is -2.38. The number of halogens is 1. The summed E-state index contributed by atoms with van der Waals surface area (Å²) in [7, 11) is 4.06. The molecular weight excluding hydrogens is 575 g/mol. The Labute approximate surface area is 275 Å². The van der Waals surface area contributed by atoms with E-state index in [9.17, 15) is 14.3 Å². The molecule has 0 amide bonds. The topological polar surface area (TPSA) is 71.2 Å². The quantitative estimate of drug-likeness (QED) is 0.336. The highest BCUT2D eigenvalue weighted by Crippen LogP contribution is 2.72. The molecule has 6 nitrogen and oxygen atoms in total. The number of rotatable bonds is 7. The Bertz CT molecular complexity index is 1510. The van der Waals surface area contributed by atoms with Crippen LogP contribution in [0.1, 0.15) is 110 Å². The first-order valence-electron chi connectivity index (χ1n) is 18.2. The van der Waals surface area contributed by atoms with Gasteiger partial charge in [0.05, 0.1) is 0 Å². The lowest BCUT2D eigenvalue weighted by Gasteiger charge is -2.66. The number of likely N-dealkylation sites (N-methyl/N-ethyl adjacent to an activating group) is 1. The molecule has 5 aliphatic rings. The molecule has 1 aromatic carbocycles. The number of carbonyl (C=O) groups excluding carboxylic acids is 1. The molecule has 7 rings (SSSR count). The summed E-state index contributed by atoms with van der Waals surface area (Å²) in [5.41, 5.74) is 3.08. The number of allylic oxidation sites excluding steroid dienone is 1. The van der Waals surface area contributed by atoms with Crippen molar-refractivity contribution in [2.45, 2.75) is 111 Å². The Morgan fingerprint density at radius 1 is 0.978 bits per heavy atom. The lowest BCUT2D eigenvalue weighted by Crippen LogP contribution is -2.58. The van der Waals surface area contributed by atoms with Crippen molar-refractivity contribution in [3.63, 3.8) is 0 Å². The standard InChI is InChI=1S/C39H55FN4O2/c1-24(2)32-30(45)23-39(34(46)36-42-41-35(44(36)22-21-43(5)6)25-10-12-27(40)13-11-25)20-17-29-28(33(32)39)14-15-31-37(3)18-8-7-9-26(37)16-19-38(29,31)4/h10-13,24,26,28-29,31,34,46H,7-9,14-23H2,1-6H3. The number of Topliss-reactive ketones (excluding diaryl/α,β-unsaturated/α-hetero) is 1. The fraction of sp³-hybridized carbons (Fsp3) is 0.718. The smallest absolute Gasteiger partial charge is 0.164 e. The summed E-state index contributed by atoms with van der Waals surface area (Å²) in [6.45, 7) is 10.9. The number of benzene rings is 1. The van der Waals surface area contributed by atoms with Crippen LogP contribution in [0.4, 0.5) is 4.39 Å². The van der Waals surface area contributed by atoms with Crippen LogP contribution in [0.2, 0.25) is 0 Å². The SMILES string of the molecule is CC(C)C1=C2C3CCC4C5(C)CCCCC5CCC4(C)C3CCC2(C(O)c2nnc(-c3ccc(F)cc3)n2CCN(C)C)CC1=O. The molecule has 46 heavy (non-hydrogen) atoms. The first-order chi connectivity index (χ1) is 21.9. The minimum absolute atomic E-state index is 0.119. The lowest BCUT2D eigenvalue weighted by molar-refractivity contribution is -0.155. The highest BCUT2D eigenvalue weighted by atomic mass is 19.1. The molecule has 5 aliphatic carbocycles. The van der Waals surface area contributed by atoms with Crippen molar-refractivity contribution in [1.29, 1.82) is 0 Å². The Morgan fingerprint density at radius 3 is 2.46 bits per heavy atom. The molecule has 250 valence electrons. The van der Waals surface area contributed by atoms with Gasteiger partial charge in [-0.05, 0) is 136 Å². The monoisotopic (exact) mass is 630 g/mol. The molecule has 0 saturated heterocycles. The number of ketones is 1. The highest BCUT2D eigenvalue weighted by Gasteiger charge is 2.65. The van der Waals surface area contributed by atoms with Crippen molar-refractivity contribution < 1.29 is 14.3 Å². The molecule has 1 N–H and O–H groups in total. The van der Waals surface area contributed by atoms with Crippen LogP contribution >= 0.6 is 0 Å². The largest absolute Gasteiger partial charge is 0.384 e. The molecule has 4 fully saturated rings. The van der Waals surface area contributed by atoms with E-state index in [0.29, 0.717) is 41.9 Å². The number of fused-ring (bicyclic) bond motifs is 7. The van der Waals surface area contributed by atoms with Crippen molar-refractivity contribution in [2.75, 3.05) is 20.6 Å². The maximum absolute atomic E-state index is 14.1. The molecular formula is C39H55FN4O2. The first kappa shape index (κ1) is 32.2. The number of hydrogen-bond donors (Lipinski definition) is 1. The van der Waals surface area contributed by atoms with E-state index in [2.05, 4.69) is 42.8 Å². The number of hydrogen-bond acceptors (Lipinski definition) is 5. The van der Waals surface area contributed by atoms with Crippen molar-refractivity contribution >= 4 is 5.78 Å². The first-order valence-corrected chi connectivity index (χ1v) is 18.2. The Balaban J connectivity index is 1.30. The van der Waals surface area contributed by atoms with E-state index in [1.54, 1.807) is 12.1 Å². The van der Waals surface area contributed by atoms with Crippen LogP contribution in [-0.2, 0) is 11.3 Å². The second-order valence-corrected chi connectivity index (χ2v) is 16.9. The van der Waals surface area contributed by atoms with Gasteiger partial charge in [0.15, 0.2) is 17.4 Å². The van der Waals surface area contributed by atoms with Gasteiger partial charge >= 0.3 is 0 Å². The Morgan fingerprint density at radius 2 is 1.74 bits per heavy atom. The van der Waals surface area contributed by atoms with Crippen LogP contribution in [0.25, 0.3) is 11.4 Å². The van der Waals surface area contributed by atoms with Gasteiger partial charge in [-0.2, -0.15) is 0 Å². The molecule has 8 unspecified atom stereocenters. The molecule has 0 aliphatic heterocycles. The predicted molar refractivity (Wildman–Crippen MR) is 179 cm³/mol. The molecule has 1 heterocycles. The van der Waals surface area contributed by atoms with Gasteiger partial charge in [-0.3, -0.25) is 4.79 Å². The third-order valence-electron chi connectivity index (χ3n) is 14.0. The Kier molecular flexibility index (Phi) is 8.15. The molecule has 7 heteroatoms. The molecule has 0 bridgehead atoms. The fourth-order valence-corrected chi connectivity index (χ4v) is 12.0. The maximum atomic E-state index is 14.1. The van der Waals surface area contributed by atoms with Crippen LogP contribution in [0.3, 0.4) is 0 Å². The predicted octanol–water partition coefficient (Wildman–Crippen LogP) is 8.02. The average molecular weight is 631 g/mol. The second kappa shape index (κ2) is 11.6. The van der Waals surface area contributed by atoms with Crippen LogP contribution in [0, 0.1) is 51.7 Å². The van der Waals surface area contributed by atoms with Crippen LogP contribution in [0.5, 0.6) is 0 Å². The zero-order valence-electron chi connectivity index (χ0n) is 29.0. The van der Waals surface area contributed by atoms with Gasteiger partial charge in [-0.25, -0.2) is 4.39 Å². The summed E-state index contributed by atoms with van der Waals surface area (Å²) >= 11 is 0. The van der Waals surface area contributed by atoms with E-state index in [1.807, 2.05) is 18.7 Å². The summed E-state index contributed by atoms with van der Waals surface area (Å²) in [5.74, 6) is 3.68. The van der Waals surface area contributed by atoms with Gasteiger partial charge in [0.1, 0.15) is 11.9 Å². The summed E-state index contributed by atoms with van der Waals surface area (Å²) < 4.78 is 15.9. The van der Waals surface area contributed by atoms with Crippen LogP contribution in [-0.4, -0.2) is 51.2 Å². The van der Waals surface area contributed by atoms with E-state index in [-0.39, 0.29) is 22.9 Å². The molecule has 8 atom stereocenters. The molecule has 1 aromatic heterocycles. The molecule has 4 saturated carbocycles. The molecule has 2 aromatic rings. The summed E-state index contributed by atoms with van der Waals surface area (Å²) in [6.07, 6.45) is 11.8. The zero-order valence-corrected chi connectivity index (χ0v) is 29.0. The van der Waals surface area contributed by atoms with Gasteiger partial charge in [-0.15, -0.1) is 10.2 Å². The molecule has 0 spiro atoms. The van der Waals surface area contributed by atoms with Crippen LogP contribution < -0.4 is 0 Å². The zero-order chi connectivity index (χ0) is 32.6. The molecule has 0 radical (unpaired) electrons. The van der Waals surface area contributed by atoms with Gasteiger partial charge in [0.2, 0.25) is 0 Å². The number of aliphatic hydroxyl groups excluding tert-OH is 1. The minimum Gasteiger partial charge on any atom is -0.384 e. The number of nitrogens with zero attached hydrogens (tertiary/aromatic N) is 4. The third kappa shape index (κ3) is 4.80. The van der Waals surface area contributed by atoms with Crippen LogP contribution in [0.15, 0.2) is 35.4 Å². The van der Waals surface area contributed by atoms with Crippen molar-refractivity contribution in [3.05, 3.63) is 47.1 Å². The lowest BCUT2D eigenvalue weighted by atomic mass is 9.39. The minimum atomic E-state index is -0.940. The van der Waals surface area contributed by atoms with Gasteiger partial charge in [0.25, 0.3) is 0 Å². The van der Waals surface area contributed by atoms with Crippen molar-refractivity contribution in [3.8, 4) is 11.4 Å². The van der Waals surface area contributed by atoms with Crippen molar-refractivity contribution in [1.82, 2.24) is 19.7 Å². The van der Waals surface area contributed by atoms with E-state index in [0.717, 1.165) is 48.8 Å². The number of aromatic nitrogens is 3. The van der Waals surface area contributed by atoms with E-state index in [4.69, 9.17) is 0 Å². The summed E-state index contributed by atoms with van der Waals surface area (Å²) in [6, 6.07) is 6.35. The van der Waals surface area contributed by atoms with Crippen molar-refractivity contribution in [2.24, 2.45) is 45.8 Å². The van der Waals surface area contributed by atoms with E-state index in [1.165, 1.54) is 62.7 Å². The summed E-state index contributed by atoms with van der Waals surface area (Å²) in [5, 5.41) is 21.9. The van der Waals surface area contributed by atoms with Gasteiger partial charge < -0.3 is 14.6 Å². The normalized spacial score (nSPS) is 36.4. The van der Waals surface area contributed by atoms with E-state index >= 15 is 0 Å². The summed E-state index contributed by atoms with van der Waals surface area (Å²) in [4.78, 5) is 16.2. The van der Waals surface area contributed by atoms with E-state index < -0.39 is 11.5 Å². The average Bonchev–Trinajstić information content (AvgIpc) is 3.58. The third-order valence-corrected chi connectivity index (χ3v) is 14.0. The number of aliphatic hydroxyl groups is 1.